The van der Waals surface area contributed by atoms with E-state index in [4.69, 9.17) is 5.73 Å². The summed E-state index contributed by atoms with van der Waals surface area (Å²) in [7, 11) is 0. The Morgan fingerprint density at radius 1 is 1.32 bits per heavy atom. The van der Waals surface area contributed by atoms with Gasteiger partial charge in [-0.1, -0.05) is 11.6 Å². The van der Waals surface area contributed by atoms with Crippen LogP contribution in [-0.2, 0) is 0 Å². The first-order chi connectivity index (χ1) is 11.8. The van der Waals surface area contributed by atoms with E-state index < -0.39 is 12.1 Å². The first kappa shape index (κ1) is 16.0. The van der Waals surface area contributed by atoms with E-state index in [0.717, 1.165) is 25.1 Å². The van der Waals surface area contributed by atoms with Gasteiger partial charge in [0, 0.05) is 23.9 Å². The van der Waals surface area contributed by atoms with Gasteiger partial charge in [-0.05, 0) is 32.3 Å². The minimum atomic E-state index is -4.82. The summed E-state index contributed by atoms with van der Waals surface area (Å²) in [6.45, 7) is 2.07. The van der Waals surface area contributed by atoms with Crippen molar-refractivity contribution >= 4 is 5.82 Å². The third-order valence-electron chi connectivity index (χ3n) is 4.63. The van der Waals surface area contributed by atoms with Crippen LogP contribution in [0.5, 0.6) is 5.75 Å². The Bertz CT molecular complexity index is 852. The van der Waals surface area contributed by atoms with Crippen LogP contribution in [0.2, 0.25) is 0 Å². The number of imidazole rings is 1. The summed E-state index contributed by atoms with van der Waals surface area (Å²) in [5, 5.41) is 0. The summed E-state index contributed by atoms with van der Waals surface area (Å²) in [5.41, 5.74) is 7.81. The second-order valence-electron chi connectivity index (χ2n) is 6.52. The average Bonchev–Trinajstić information content (AvgIpc) is 3.28. The molecule has 1 fully saturated rings. The Morgan fingerprint density at radius 2 is 2.08 bits per heavy atom. The number of nitrogen functional groups attached to an aromatic ring is 1. The molecule has 2 aliphatic carbocycles. The molecular weight excluding hydrogens is 333 g/mol. The van der Waals surface area contributed by atoms with Gasteiger partial charge in [-0.2, -0.15) is 0 Å². The Hall–Kier alpha value is -2.51. The molecule has 0 aliphatic heterocycles. The maximum atomic E-state index is 12.5. The standard InChI is InChI=1S/C17H17F3N4O/c1-9-2-5-13(9)24-8-12(23-16(24)10-3-4-10)11-6-14(15(21)22-7-11)25-17(18,19)20/h2,6-8,10,13H,3-5H2,1H3,(H2,21,22). The van der Waals surface area contributed by atoms with Crippen LogP contribution in [0, 0.1) is 0 Å². The molecule has 2 aromatic rings. The van der Waals surface area contributed by atoms with Gasteiger partial charge < -0.3 is 15.0 Å². The fourth-order valence-corrected chi connectivity index (χ4v) is 3.03. The number of halogens is 3. The summed E-state index contributed by atoms with van der Waals surface area (Å²) < 4.78 is 43.6. The molecule has 2 aliphatic rings. The lowest BCUT2D eigenvalue weighted by atomic mass is 9.93. The molecule has 5 nitrogen and oxygen atoms in total. The van der Waals surface area contributed by atoms with E-state index in [1.807, 2.05) is 6.20 Å². The number of allylic oxidation sites excluding steroid dienone is 2. The quantitative estimate of drug-likeness (QED) is 0.840. The van der Waals surface area contributed by atoms with Crippen molar-refractivity contribution < 1.29 is 17.9 Å². The molecule has 0 saturated heterocycles. The van der Waals surface area contributed by atoms with E-state index >= 15 is 0 Å². The molecule has 1 atom stereocenters. The molecule has 2 aromatic heterocycles. The second-order valence-corrected chi connectivity index (χ2v) is 6.52. The van der Waals surface area contributed by atoms with Crippen molar-refractivity contribution in [3.63, 3.8) is 0 Å². The summed E-state index contributed by atoms with van der Waals surface area (Å²) >= 11 is 0. The summed E-state index contributed by atoms with van der Waals surface area (Å²) in [4.78, 5) is 8.49. The Balaban J connectivity index is 1.71. The van der Waals surface area contributed by atoms with Gasteiger partial charge in [0.25, 0.3) is 0 Å². The minimum absolute atomic E-state index is 0.282. The van der Waals surface area contributed by atoms with Gasteiger partial charge in [-0.3, -0.25) is 0 Å². The lowest BCUT2D eigenvalue weighted by Crippen LogP contribution is -2.18. The van der Waals surface area contributed by atoms with Gasteiger partial charge in [-0.15, -0.1) is 13.2 Å². The molecule has 1 unspecified atom stereocenters. The summed E-state index contributed by atoms with van der Waals surface area (Å²) in [6, 6.07) is 1.52. The number of hydrogen-bond donors (Lipinski definition) is 1. The molecular formula is C17H17F3N4O. The molecule has 2 heterocycles. The van der Waals surface area contributed by atoms with Crippen LogP contribution in [-0.4, -0.2) is 20.9 Å². The summed E-state index contributed by atoms with van der Waals surface area (Å²) in [5.74, 6) is 0.602. The number of pyridine rings is 1. The molecule has 0 bridgehead atoms. The first-order valence-electron chi connectivity index (χ1n) is 8.09. The van der Waals surface area contributed by atoms with Crippen LogP contribution in [0.4, 0.5) is 19.0 Å². The van der Waals surface area contributed by atoms with Crippen molar-refractivity contribution in [2.24, 2.45) is 0 Å². The normalized spacial score (nSPS) is 20.2. The number of aromatic nitrogens is 3. The predicted octanol–water partition coefficient (Wildman–Crippen LogP) is 4.19. The molecule has 0 amide bonds. The van der Waals surface area contributed by atoms with E-state index in [1.165, 1.54) is 17.8 Å². The highest BCUT2D eigenvalue weighted by molar-refractivity contribution is 5.64. The third kappa shape index (κ3) is 3.08. The highest BCUT2D eigenvalue weighted by atomic mass is 19.4. The zero-order chi connectivity index (χ0) is 17.8. The fourth-order valence-electron chi connectivity index (χ4n) is 3.03. The lowest BCUT2D eigenvalue weighted by Gasteiger charge is -2.27. The Morgan fingerprint density at radius 3 is 2.64 bits per heavy atom. The van der Waals surface area contributed by atoms with Gasteiger partial charge >= 0.3 is 6.36 Å². The summed E-state index contributed by atoms with van der Waals surface area (Å²) in [6.07, 6.45) is 3.79. The number of alkyl halides is 3. The molecule has 2 N–H and O–H groups in total. The predicted molar refractivity (Wildman–Crippen MR) is 85.9 cm³/mol. The van der Waals surface area contributed by atoms with Crippen LogP contribution < -0.4 is 10.5 Å². The highest BCUT2D eigenvalue weighted by Gasteiger charge is 2.34. The molecule has 0 aromatic carbocycles. The molecule has 0 radical (unpaired) electrons. The van der Waals surface area contributed by atoms with Crippen LogP contribution in [0.1, 0.15) is 44.0 Å². The van der Waals surface area contributed by atoms with Crippen molar-refractivity contribution in [2.45, 2.75) is 44.5 Å². The highest BCUT2D eigenvalue weighted by Crippen LogP contribution is 2.44. The number of anilines is 1. The molecule has 1 saturated carbocycles. The smallest absolute Gasteiger partial charge is 0.402 e. The van der Waals surface area contributed by atoms with E-state index in [0.29, 0.717) is 17.2 Å². The fraction of sp³-hybridized carbons (Fsp3) is 0.412. The van der Waals surface area contributed by atoms with Crippen LogP contribution in [0.25, 0.3) is 11.3 Å². The van der Waals surface area contributed by atoms with Crippen LogP contribution in [0.15, 0.2) is 30.1 Å². The number of nitrogens with two attached hydrogens (primary N) is 1. The molecule has 25 heavy (non-hydrogen) atoms. The first-order valence-corrected chi connectivity index (χ1v) is 8.09. The van der Waals surface area contributed by atoms with Crippen molar-refractivity contribution in [3.8, 4) is 17.0 Å². The van der Waals surface area contributed by atoms with Gasteiger partial charge in [0.15, 0.2) is 11.6 Å². The van der Waals surface area contributed by atoms with E-state index in [2.05, 4.69) is 32.3 Å². The van der Waals surface area contributed by atoms with Gasteiger partial charge in [0.1, 0.15) is 5.82 Å². The van der Waals surface area contributed by atoms with Crippen molar-refractivity contribution in [1.82, 2.24) is 14.5 Å². The Kier molecular flexibility index (Phi) is 3.52. The maximum Gasteiger partial charge on any atom is 0.573 e. The SMILES string of the molecule is CC1=CCC1n1cc(-c2cnc(N)c(OC(F)(F)F)c2)nc1C1CC1. The zero-order valence-corrected chi connectivity index (χ0v) is 13.5. The van der Waals surface area contributed by atoms with Crippen molar-refractivity contribution in [3.05, 3.63) is 35.9 Å². The number of nitrogens with zero attached hydrogens (tertiary/aromatic N) is 3. The lowest BCUT2D eigenvalue weighted by molar-refractivity contribution is -0.274. The van der Waals surface area contributed by atoms with Crippen LogP contribution >= 0.6 is 0 Å². The third-order valence-corrected chi connectivity index (χ3v) is 4.63. The maximum absolute atomic E-state index is 12.5. The second kappa shape index (κ2) is 5.50. The largest absolute Gasteiger partial charge is 0.573 e. The van der Waals surface area contributed by atoms with Gasteiger partial charge in [-0.25, -0.2) is 9.97 Å². The van der Waals surface area contributed by atoms with Gasteiger partial charge in [0.2, 0.25) is 0 Å². The average molecular weight is 350 g/mol. The van der Waals surface area contributed by atoms with Gasteiger partial charge in [0.05, 0.1) is 11.7 Å². The van der Waals surface area contributed by atoms with E-state index in [1.54, 1.807) is 0 Å². The monoisotopic (exact) mass is 350 g/mol. The number of hydrogen-bond acceptors (Lipinski definition) is 4. The van der Waals surface area contributed by atoms with Crippen molar-refractivity contribution in [1.29, 1.82) is 0 Å². The van der Waals surface area contributed by atoms with Crippen LogP contribution in [0.3, 0.4) is 0 Å². The minimum Gasteiger partial charge on any atom is -0.402 e. The zero-order valence-electron chi connectivity index (χ0n) is 13.5. The molecule has 8 heteroatoms. The number of ether oxygens (including phenoxy) is 1. The van der Waals surface area contributed by atoms with E-state index in [9.17, 15) is 13.2 Å². The molecule has 4 rings (SSSR count). The topological polar surface area (TPSA) is 66.0 Å². The number of rotatable bonds is 4. The molecule has 0 spiro atoms. The Labute approximate surface area is 142 Å². The van der Waals surface area contributed by atoms with Crippen molar-refractivity contribution in [2.75, 3.05) is 5.73 Å². The molecule has 132 valence electrons. The van der Waals surface area contributed by atoms with E-state index in [-0.39, 0.29) is 11.9 Å².